The van der Waals surface area contributed by atoms with Gasteiger partial charge in [0.05, 0.1) is 24.7 Å². The Morgan fingerprint density at radius 1 is 0.900 bits per heavy atom. The largest absolute Gasteiger partial charge is 0.493 e. The van der Waals surface area contributed by atoms with Gasteiger partial charge >= 0.3 is 5.97 Å². The number of carbonyl (C=O) groups excluding carboxylic acids is 1. The molecule has 0 saturated carbocycles. The molecule has 3 rings (SSSR count). The fourth-order valence-electron chi connectivity index (χ4n) is 2.63. The summed E-state index contributed by atoms with van der Waals surface area (Å²) in [5, 5.41) is 14.9. The second kappa shape index (κ2) is 9.28. The molecule has 0 N–H and O–H groups in total. The second-order valence-electron chi connectivity index (χ2n) is 5.93. The van der Waals surface area contributed by atoms with E-state index in [1.807, 2.05) is 0 Å². The number of nitro benzene ring substituents is 1. The summed E-state index contributed by atoms with van der Waals surface area (Å²) in [4.78, 5) is 32.0. The monoisotopic (exact) mass is 407 g/mol. The Morgan fingerprint density at radius 2 is 1.50 bits per heavy atom. The highest BCUT2D eigenvalue weighted by Gasteiger charge is 2.15. The number of methoxy groups -OCH3 is 2. The first kappa shape index (κ1) is 20.5. The average Bonchev–Trinajstić information content (AvgIpc) is 2.79. The minimum absolute atomic E-state index is 0.0600. The minimum Gasteiger partial charge on any atom is -0.493 e. The van der Waals surface area contributed by atoms with Crippen molar-refractivity contribution < 1.29 is 24.0 Å². The Hall–Kier alpha value is -4.27. The summed E-state index contributed by atoms with van der Waals surface area (Å²) in [6, 6.07) is 13.7. The van der Waals surface area contributed by atoms with Gasteiger partial charge in [-0.3, -0.25) is 15.1 Å². The zero-order chi connectivity index (χ0) is 21.5. The minimum atomic E-state index is -0.704. The number of benzene rings is 2. The standard InChI is InChI=1S/C21H17N3O6/c1-28-18-8-5-16(13-19(18)29-2)21(25)30-23-20(15-9-11-22-12-10-15)14-3-6-17(7-4-14)24(26)27/h3-13H,1-2H3/b23-20-. The van der Waals surface area contributed by atoms with Crippen LogP contribution in [0.3, 0.4) is 0 Å². The first-order valence-corrected chi connectivity index (χ1v) is 8.70. The molecule has 0 fully saturated rings. The van der Waals surface area contributed by atoms with E-state index >= 15 is 0 Å². The fourth-order valence-corrected chi connectivity index (χ4v) is 2.63. The van der Waals surface area contributed by atoms with Gasteiger partial charge in [-0.15, -0.1) is 0 Å². The number of hydrogen-bond donors (Lipinski definition) is 0. The van der Waals surface area contributed by atoms with Crippen LogP contribution in [0.15, 0.2) is 72.1 Å². The number of pyridine rings is 1. The third kappa shape index (κ3) is 4.58. The molecular weight excluding hydrogens is 390 g/mol. The number of nitrogens with zero attached hydrogens (tertiary/aromatic N) is 3. The van der Waals surface area contributed by atoms with Crippen LogP contribution in [0.4, 0.5) is 5.69 Å². The van der Waals surface area contributed by atoms with E-state index in [4.69, 9.17) is 14.3 Å². The summed E-state index contributed by atoms with van der Waals surface area (Å²) in [5.41, 5.74) is 1.64. The molecule has 3 aromatic rings. The second-order valence-corrected chi connectivity index (χ2v) is 5.93. The first-order valence-electron chi connectivity index (χ1n) is 8.70. The number of nitro groups is 1. The topological polar surface area (TPSA) is 113 Å². The van der Waals surface area contributed by atoms with E-state index in [1.165, 1.54) is 50.6 Å². The van der Waals surface area contributed by atoms with Gasteiger partial charge in [-0.25, -0.2) is 4.79 Å². The van der Waals surface area contributed by atoms with Gasteiger partial charge in [0.25, 0.3) is 5.69 Å². The molecular formula is C21H17N3O6. The van der Waals surface area contributed by atoms with Gasteiger partial charge in [-0.2, -0.15) is 0 Å². The Morgan fingerprint density at radius 3 is 2.10 bits per heavy atom. The third-order valence-electron chi connectivity index (χ3n) is 4.14. The van der Waals surface area contributed by atoms with Gasteiger partial charge in [-0.1, -0.05) is 5.16 Å². The van der Waals surface area contributed by atoms with Crippen molar-refractivity contribution in [2.45, 2.75) is 0 Å². The van der Waals surface area contributed by atoms with E-state index in [-0.39, 0.29) is 11.3 Å². The number of ether oxygens (including phenoxy) is 2. The van der Waals surface area contributed by atoms with E-state index in [0.717, 1.165) is 0 Å². The van der Waals surface area contributed by atoms with Crippen molar-refractivity contribution in [3.63, 3.8) is 0 Å². The van der Waals surface area contributed by atoms with Crippen molar-refractivity contribution in [1.29, 1.82) is 0 Å². The summed E-state index contributed by atoms with van der Waals surface area (Å²) < 4.78 is 10.3. The number of aromatic nitrogens is 1. The van der Waals surface area contributed by atoms with Crippen LogP contribution in [0.25, 0.3) is 0 Å². The molecule has 9 heteroatoms. The van der Waals surface area contributed by atoms with Crippen LogP contribution in [0, 0.1) is 10.1 Å². The molecule has 0 saturated heterocycles. The lowest BCUT2D eigenvalue weighted by molar-refractivity contribution is -0.384. The fraction of sp³-hybridized carbons (Fsp3) is 0.0952. The van der Waals surface area contributed by atoms with Crippen molar-refractivity contribution in [2.75, 3.05) is 14.2 Å². The highest BCUT2D eigenvalue weighted by Crippen LogP contribution is 2.28. The average molecular weight is 407 g/mol. The maximum atomic E-state index is 12.5. The SMILES string of the molecule is COc1ccc(C(=O)O/N=C(\c2ccncc2)c2ccc([N+](=O)[O-])cc2)cc1OC. The van der Waals surface area contributed by atoms with Crippen molar-refractivity contribution in [1.82, 2.24) is 4.98 Å². The molecule has 0 aliphatic carbocycles. The van der Waals surface area contributed by atoms with Crippen LogP contribution in [0.2, 0.25) is 0 Å². The van der Waals surface area contributed by atoms with Crippen molar-refractivity contribution in [3.05, 3.63) is 93.8 Å². The molecule has 0 bridgehead atoms. The van der Waals surface area contributed by atoms with E-state index in [9.17, 15) is 14.9 Å². The lowest BCUT2D eigenvalue weighted by atomic mass is 10.0. The predicted octanol–water partition coefficient (Wildman–Crippen LogP) is 3.62. The van der Waals surface area contributed by atoms with Crippen molar-refractivity contribution >= 4 is 17.4 Å². The Bertz CT molecular complexity index is 1080. The number of oxime groups is 1. The molecule has 0 aliphatic rings. The van der Waals surface area contributed by atoms with Gasteiger partial charge in [0, 0.05) is 35.7 Å². The Labute approximate surface area is 171 Å². The van der Waals surface area contributed by atoms with Gasteiger partial charge in [-0.05, 0) is 42.5 Å². The summed E-state index contributed by atoms with van der Waals surface area (Å²) >= 11 is 0. The zero-order valence-corrected chi connectivity index (χ0v) is 16.1. The van der Waals surface area contributed by atoms with Crippen LogP contribution in [-0.4, -0.2) is 35.8 Å². The summed E-state index contributed by atoms with van der Waals surface area (Å²) in [6.45, 7) is 0. The van der Waals surface area contributed by atoms with Crippen LogP contribution in [-0.2, 0) is 4.84 Å². The highest BCUT2D eigenvalue weighted by atomic mass is 16.7. The molecule has 0 unspecified atom stereocenters. The van der Waals surface area contributed by atoms with E-state index in [0.29, 0.717) is 28.3 Å². The van der Waals surface area contributed by atoms with E-state index in [1.54, 1.807) is 30.6 Å². The lowest BCUT2D eigenvalue weighted by Gasteiger charge is -2.09. The van der Waals surface area contributed by atoms with Crippen molar-refractivity contribution in [3.8, 4) is 11.5 Å². The maximum absolute atomic E-state index is 12.5. The van der Waals surface area contributed by atoms with E-state index < -0.39 is 10.9 Å². The Kier molecular flexibility index (Phi) is 6.33. The van der Waals surface area contributed by atoms with Gasteiger partial charge in [0.2, 0.25) is 0 Å². The van der Waals surface area contributed by atoms with Crippen LogP contribution >= 0.6 is 0 Å². The van der Waals surface area contributed by atoms with Crippen LogP contribution in [0.5, 0.6) is 11.5 Å². The smallest absolute Gasteiger partial charge is 0.365 e. The molecule has 0 radical (unpaired) electrons. The van der Waals surface area contributed by atoms with Crippen molar-refractivity contribution in [2.24, 2.45) is 5.16 Å². The first-order chi connectivity index (χ1) is 14.5. The molecule has 0 atom stereocenters. The third-order valence-corrected chi connectivity index (χ3v) is 4.14. The normalized spacial score (nSPS) is 10.9. The molecule has 2 aromatic carbocycles. The van der Waals surface area contributed by atoms with E-state index in [2.05, 4.69) is 10.1 Å². The number of carbonyl (C=O) groups is 1. The molecule has 1 heterocycles. The highest BCUT2D eigenvalue weighted by molar-refractivity contribution is 6.13. The molecule has 0 aliphatic heterocycles. The molecule has 0 amide bonds. The number of hydrogen-bond acceptors (Lipinski definition) is 8. The molecule has 152 valence electrons. The molecule has 30 heavy (non-hydrogen) atoms. The van der Waals surface area contributed by atoms with Crippen LogP contribution < -0.4 is 9.47 Å². The van der Waals surface area contributed by atoms with Crippen LogP contribution in [0.1, 0.15) is 21.5 Å². The summed E-state index contributed by atoms with van der Waals surface area (Å²) in [6.07, 6.45) is 3.12. The van der Waals surface area contributed by atoms with Gasteiger partial charge in [0.1, 0.15) is 5.71 Å². The maximum Gasteiger partial charge on any atom is 0.365 e. The zero-order valence-electron chi connectivity index (χ0n) is 16.1. The molecule has 0 spiro atoms. The molecule has 9 nitrogen and oxygen atoms in total. The number of non-ortho nitro benzene ring substituents is 1. The number of rotatable bonds is 7. The van der Waals surface area contributed by atoms with Gasteiger partial charge in [0.15, 0.2) is 11.5 Å². The summed E-state index contributed by atoms with van der Waals surface area (Å²) in [7, 11) is 2.95. The summed E-state index contributed by atoms with van der Waals surface area (Å²) in [5.74, 6) is 0.144. The van der Waals surface area contributed by atoms with Gasteiger partial charge < -0.3 is 14.3 Å². The lowest BCUT2D eigenvalue weighted by Crippen LogP contribution is -2.08. The quantitative estimate of drug-likeness (QED) is 0.254. The predicted molar refractivity (Wildman–Crippen MR) is 108 cm³/mol. The molecule has 1 aromatic heterocycles. The Balaban J connectivity index is 1.92.